The van der Waals surface area contributed by atoms with Crippen LogP contribution in [-0.4, -0.2) is 39.4 Å². The van der Waals surface area contributed by atoms with Crippen molar-refractivity contribution in [2.45, 2.75) is 31.6 Å². The highest BCUT2D eigenvalue weighted by molar-refractivity contribution is 7.99. The maximum Gasteiger partial charge on any atom is 0.339 e. The summed E-state index contributed by atoms with van der Waals surface area (Å²) >= 11 is 1.20. The summed E-state index contributed by atoms with van der Waals surface area (Å²) in [6.45, 7) is 2.67. The number of benzene rings is 2. The van der Waals surface area contributed by atoms with Crippen LogP contribution in [-0.2, 0) is 17.9 Å². The minimum absolute atomic E-state index is 0.0348. The maximum atomic E-state index is 12.8. The van der Waals surface area contributed by atoms with Gasteiger partial charge in [0.15, 0.2) is 5.16 Å². The van der Waals surface area contributed by atoms with Gasteiger partial charge in [-0.2, -0.15) is 0 Å². The number of rotatable bonds is 9. The van der Waals surface area contributed by atoms with E-state index in [0.29, 0.717) is 28.2 Å². The standard InChI is InChI=1S/C22H23N3O5S/c1-3-10-25-20(27)15-6-4-5-7-17(15)24-22(25)31-13-19(26)23-12-14-8-9-18(30-2)16(11-14)21(28)29/h4-9,11H,3,10,12-13H2,1-2H3,(H,23,26)(H,28,29). The number of thioether (sulfide) groups is 1. The van der Waals surface area contributed by atoms with Crippen LogP contribution in [0, 0.1) is 0 Å². The second-order valence-corrected chi connectivity index (χ2v) is 7.72. The summed E-state index contributed by atoms with van der Waals surface area (Å²) < 4.78 is 6.64. The highest BCUT2D eigenvalue weighted by atomic mass is 32.2. The van der Waals surface area contributed by atoms with Crippen molar-refractivity contribution >= 4 is 34.5 Å². The maximum absolute atomic E-state index is 12.8. The first-order valence-electron chi connectivity index (χ1n) is 9.73. The molecular weight excluding hydrogens is 418 g/mol. The molecule has 0 bridgehead atoms. The number of carbonyl (C=O) groups is 2. The van der Waals surface area contributed by atoms with Gasteiger partial charge in [0, 0.05) is 13.1 Å². The molecule has 9 heteroatoms. The van der Waals surface area contributed by atoms with Gasteiger partial charge in [-0.15, -0.1) is 0 Å². The smallest absolute Gasteiger partial charge is 0.339 e. The third-order valence-electron chi connectivity index (χ3n) is 4.59. The molecule has 0 aliphatic heterocycles. The Kier molecular flexibility index (Phi) is 7.30. The number of para-hydroxylation sites is 1. The Morgan fingerprint density at radius 1 is 1.23 bits per heavy atom. The third kappa shape index (κ3) is 5.24. The molecule has 0 saturated heterocycles. The minimum atomic E-state index is -1.10. The summed E-state index contributed by atoms with van der Waals surface area (Å²) in [7, 11) is 1.40. The van der Waals surface area contributed by atoms with Gasteiger partial charge in [-0.25, -0.2) is 9.78 Å². The van der Waals surface area contributed by atoms with Crippen molar-refractivity contribution in [2.75, 3.05) is 12.9 Å². The number of nitrogens with one attached hydrogen (secondary N) is 1. The molecule has 0 unspecified atom stereocenters. The molecule has 8 nitrogen and oxygen atoms in total. The zero-order valence-corrected chi connectivity index (χ0v) is 18.1. The van der Waals surface area contributed by atoms with E-state index in [1.807, 2.05) is 13.0 Å². The Bertz CT molecular complexity index is 1180. The van der Waals surface area contributed by atoms with Gasteiger partial charge in [0.25, 0.3) is 5.56 Å². The van der Waals surface area contributed by atoms with Crippen LogP contribution in [0.5, 0.6) is 5.75 Å². The third-order valence-corrected chi connectivity index (χ3v) is 5.57. The molecule has 1 amide bonds. The largest absolute Gasteiger partial charge is 0.496 e. The summed E-state index contributed by atoms with van der Waals surface area (Å²) in [6.07, 6.45) is 0.767. The van der Waals surface area contributed by atoms with Crippen LogP contribution in [0.2, 0.25) is 0 Å². The lowest BCUT2D eigenvalue weighted by Gasteiger charge is -2.12. The summed E-state index contributed by atoms with van der Waals surface area (Å²) in [5.41, 5.74) is 1.16. The molecule has 31 heavy (non-hydrogen) atoms. The fourth-order valence-electron chi connectivity index (χ4n) is 3.09. The van der Waals surface area contributed by atoms with Gasteiger partial charge in [0.2, 0.25) is 5.91 Å². The number of fused-ring (bicyclic) bond motifs is 1. The van der Waals surface area contributed by atoms with E-state index in [9.17, 15) is 19.5 Å². The number of aromatic nitrogens is 2. The number of hydrogen-bond donors (Lipinski definition) is 2. The van der Waals surface area contributed by atoms with E-state index in [1.165, 1.54) is 24.9 Å². The van der Waals surface area contributed by atoms with Gasteiger partial charge in [0.1, 0.15) is 11.3 Å². The first-order valence-corrected chi connectivity index (χ1v) is 10.7. The molecule has 1 heterocycles. The normalized spacial score (nSPS) is 10.8. The number of hydrogen-bond acceptors (Lipinski definition) is 6. The molecule has 0 radical (unpaired) electrons. The van der Waals surface area contributed by atoms with Crippen LogP contribution < -0.4 is 15.6 Å². The molecule has 3 rings (SSSR count). The lowest BCUT2D eigenvalue weighted by Crippen LogP contribution is -2.27. The molecule has 3 aromatic rings. The summed E-state index contributed by atoms with van der Waals surface area (Å²) in [5, 5.41) is 13.1. The molecule has 1 aromatic heterocycles. The van der Waals surface area contributed by atoms with Crippen molar-refractivity contribution in [3.05, 3.63) is 63.9 Å². The Labute approximate surface area is 183 Å². The van der Waals surface area contributed by atoms with Gasteiger partial charge in [-0.05, 0) is 36.2 Å². The average molecular weight is 442 g/mol. The monoisotopic (exact) mass is 441 g/mol. The van der Waals surface area contributed by atoms with Crippen molar-refractivity contribution in [2.24, 2.45) is 0 Å². The van der Waals surface area contributed by atoms with Crippen LogP contribution in [0.1, 0.15) is 29.3 Å². The summed E-state index contributed by atoms with van der Waals surface area (Å²) in [6, 6.07) is 11.9. The van der Waals surface area contributed by atoms with Crippen LogP contribution in [0.4, 0.5) is 0 Å². The summed E-state index contributed by atoms with van der Waals surface area (Å²) in [4.78, 5) is 41.0. The van der Waals surface area contributed by atoms with E-state index in [0.717, 1.165) is 6.42 Å². The highest BCUT2D eigenvalue weighted by Gasteiger charge is 2.14. The second kappa shape index (κ2) is 10.1. The molecule has 0 aliphatic carbocycles. The SMILES string of the molecule is CCCn1c(SCC(=O)NCc2ccc(OC)c(C(=O)O)c2)nc2ccccc2c1=O. The Balaban J connectivity index is 1.69. The summed E-state index contributed by atoms with van der Waals surface area (Å²) in [5.74, 6) is -1.01. The average Bonchev–Trinajstić information content (AvgIpc) is 2.78. The molecule has 0 atom stereocenters. The number of nitrogens with zero attached hydrogens (tertiary/aromatic N) is 2. The number of amides is 1. The lowest BCUT2D eigenvalue weighted by atomic mass is 10.1. The number of ether oxygens (including phenoxy) is 1. The van der Waals surface area contributed by atoms with Gasteiger partial charge in [0.05, 0.1) is 23.8 Å². The molecule has 0 aliphatic rings. The van der Waals surface area contributed by atoms with Crippen molar-refractivity contribution in [3.8, 4) is 5.75 Å². The quantitative estimate of drug-likeness (QED) is 0.388. The van der Waals surface area contributed by atoms with E-state index < -0.39 is 5.97 Å². The number of aromatic carboxylic acids is 1. The number of carboxylic acids is 1. The van der Waals surface area contributed by atoms with Crippen LogP contribution in [0.15, 0.2) is 52.4 Å². The Morgan fingerprint density at radius 3 is 2.71 bits per heavy atom. The molecule has 162 valence electrons. The van der Waals surface area contributed by atoms with Gasteiger partial charge in [-0.3, -0.25) is 14.2 Å². The second-order valence-electron chi connectivity index (χ2n) is 6.77. The Hall–Kier alpha value is -3.33. The number of methoxy groups -OCH3 is 1. The lowest BCUT2D eigenvalue weighted by molar-refractivity contribution is -0.118. The number of carbonyl (C=O) groups excluding carboxylic acids is 1. The van der Waals surface area contributed by atoms with E-state index in [-0.39, 0.29) is 35.1 Å². The highest BCUT2D eigenvalue weighted by Crippen LogP contribution is 2.20. The number of carboxylic acid groups (broad SMARTS) is 1. The topological polar surface area (TPSA) is 111 Å². The van der Waals surface area contributed by atoms with Crippen LogP contribution in [0.3, 0.4) is 0 Å². The molecule has 2 aromatic carbocycles. The predicted octanol–water partition coefficient (Wildman–Crippen LogP) is 2.92. The molecule has 0 spiro atoms. The fourth-order valence-corrected chi connectivity index (χ4v) is 3.95. The molecular formula is C22H23N3O5S. The zero-order valence-electron chi connectivity index (χ0n) is 17.3. The fraction of sp³-hybridized carbons (Fsp3) is 0.273. The van der Waals surface area contributed by atoms with E-state index in [4.69, 9.17) is 4.74 Å². The van der Waals surface area contributed by atoms with E-state index in [1.54, 1.807) is 34.9 Å². The van der Waals surface area contributed by atoms with Crippen LogP contribution >= 0.6 is 11.8 Å². The van der Waals surface area contributed by atoms with Crippen LogP contribution in [0.25, 0.3) is 10.9 Å². The van der Waals surface area contributed by atoms with E-state index >= 15 is 0 Å². The molecule has 2 N–H and O–H groups in total. The Morgan fingerprint density at radius 2 is 2.00 bits per heavy atom. The van der Waals surface area contributed by atoms with Crippen molar-refractivity contribution < 1.29 is 19.4 Å². The van der Waals surface area contributed by atoms with Gasteiger partial charge in [-0.1, -0.05) is 36.9 Å². The van der Waals surface area contributed by atoms with E-state index in [2.05, 4.69) is 10.3 Å². The van der Waals surface area contributed by atoms with Gasteiger partial charge < -0.3 is 15.2 Å². The van der Waals surface area contributed by atoms with Gasteiger partial charge >= 0.3 is 5.97 Å². The molecule has 0 saturated carbocycles. The first kappa shape index (κ1) is 22.4. The molecule has 0 fully saturated rings. The zero-order chi connectivity index (χ0) is 22.4. The van der Waals surface area contributed by atoms with Crippen molar-refractivity contribution in [1.29, 1.82) is 0 Å². The first-order chi connectivity index (χ1) is 14.9. The van der Waals surface area contributed by atoms with Crippen molar-refractivity contribution in [1.82, 2.24) is 14.9 Å². The predicted molar refractivity (Wildman–Crippen MR) is 119 cm³/mol. The minimum Gasteiger partial charge on any atom is -0.496 e. The van der Waals surface area contributed by atoms with Crippen molar-refractivity contribution in [3.63, 3.8) is 0 Å².